The summed E-state index contributed by atoms with van der Waals surface area (Å²) in [6.07, 6.45) is -1.27. The van der Waals surface area contributed by atoms with Gasteiger partial charge in [0.15, 0.2) is 0 Å². The van der Waals surface area contributed by atoms with Gasteiger partial charge < -0.3 is 0 Å². The molecule has 18 heavy (non-hydrogen) atoms. The Bertz CT molecular complexity index is 630. The van der Waals surface area contributed by atoms with Crippen molar-refractivity contribution in [3.8, 4) is 0 Å². The van der Waals surface area contributed by atoms with Gasteiger partial charge in [-0.2, -0.15) is 14.9 Å². The number of nitrogens with zero attached hydrogens (tertiary/aromatic N) is 3. The standard InChI is InChI=1S/C11H10F2N4S/c1-7-3-2-4-8(5-7)6-14-17-10(9(12)13)15-16-11(17)18/h2-6,9H,1H3,(H,16,18)/b14-6-. The maximum atomic E-state index is 12.6. The lowest BCUT2D eigenvalue weighted by molar-refractivity contribution is 0.136. The smallest absolute Gasteiger partial charge is 0.250 e. The van der Waals surface area contributed by atoms with Crippen LogP contribution in [-0.2, 0) is 0 Å². The van der Waals surface area contributed by atoms with E-state index < -0.39 is 12.2 Å². The van der Waals surface area contributed by atoms with Crippen LogP contribution in [0, 0.1) is 11.7 Å². The summed E-state index contributed by atoms with van der Waals surface area (Å²) >= 11 is 4.83. The van der Waals surface area contributed by atoms with Gasteiger partial charge >= 0.3 is 0 Å². The van der Waals surface area contributed by atoms with Gasteiger partial charge in [-0.1, -0.05) is 29.8 Å². The highest BCUT2D eigenvalue weighted by Crippen LogP contribution is 2.15. The van der Waals surface area contributed by atoms with E-state index in [0.29, 0.717) is 0 Å². The normalized spacial score (nSPS) is 11.6. The molecule has 0 saturated heterocycles. The molecule has 0 fully saturated rings. The molecular weight excluding hydrogens is 258 g/mol. The largest absolute Gasteiger partial charge is 0.299 e. The van der Waals surface area contributed by atoms with E-state index in [4.69, 9.17) is 12.2 Å². The van der Waals surface area contributed by atoms with E-state index in [9.17, 15) is 8.78 Å². The number of nitrogens with one attached hydrogen (secondary N) is 1. The van der Waals surface area contributed by atoms with E-state index >= 15 is 0 Å². The minimum Gasteiger partial charge on any atom is -0.250 e. The third kappa shape index (κ3) is 2.67. The van der Waals surface area contributed by atoms with Crippen molar-refractivity contribution in [3.63, 3.8) is 0 Å². The number of hydrogen-bond acceptors (Lipinski definition) is 3. The fourth-order valence-corrected chi connectivity index (χ4v) is 1.62. The Morgan fingerprint density at radius 2 is 2.28 bits per heavy atom. The average molecular weight is 268 g/mol. The van der Waals surface area contributed by atoms with Crippen molar-refractivity contribution >= 4 is 18.4 Å². The fraction of sp³-hybridized carbons (Fsp3) is 0.182. The highest BCUT2D eigenvalue weighted by molar-refractivity contribution is 7.71. The Hall–Kier alpha value is -1.89. The van der Waals surface area contributed by atoms with Crippen LogP contribution in [0.4, 0.5) is 8.78 Å². The minimum absolute atomic E-state index is 0.0363. The monoisotopic (exact) mass is 268 g/mol. The molecule has 7 heteroatoms. The van der Waals surface area contributed by atoms with Gasteiger partial charge in [0, 0.05) is 0 Å². The van der Waals surface area contributed by atoms with Gasteiger partial charge in [0.25, 0.3) is 6.43 Å². The van der Waals surface area contributed by atoms with Gasteiger partial charge in [0.05, 0.1) is 6.21 Å². The first kappa shape index (κ1) is 12.6. The Morgan fingerprint density at radius 1 is 1.50 bits per heavy atom. The number of aromatic nitrogens is 3. The van der Waals surface area contributed by atoms with Crippen molar-refractivity contribution in [2.24, 2.45) is 5.10 Å². The zero-order chi connectivity index (χ0) is 13.1. The summed E-state index contributed by atoms with van der Waals surface area (Å²) in [5.74, 6) is -0.496. The van der Waals surface area contributed by atoms with Crippen molar-refractivity contribution in [3.05, 3.63) is 46.0 Å². The average Bonchev–Trinajstić information content (AvgIpc) is 2.68. The van der Waals surface area contributed by atoms with Crippen LogP contribution < -0.4 is 0 Å². The SMILES string of the molecule is Cc1cccc(/C=N\n2c(C(F)F)n[nH]c2=S)c1. The number of aryl methyl sites for hydroxylation is 1. The van der Waals surface area contributed by atoms with E-state index in [1.54, 1.807) is 0 Å². The predicted octanol–water partition coefficient (Wildman–Crippen LogP) is 3.07. The van der Waals surface area contributed by atoms with Crippen LogP contribution in [0.5, 0.6) is 0 Å². The second-order valence-corrected chi connectivity index (χ2v) is 4.04. The number of rotatable bonds is 3. The molecule has 0 aliphatic carbocycles. The summed E-state index contributed by atoms with van der Waals surface area (Å²) in [6.45, 7) is 1.94. The van der Waals surface area contributed by atoms with Crippen molar-refractivity contribution in [2.75, 3.05) is 0 Å². The van der Waals surface area contributed by atoms with Crippen LogP contribution in [0.15, 0.2) is 29.4 Å². The van der Waals surface area contributed by atoms with Crippen molar-refractivity contribution < 1.29 is 8.78 Å². The van der Waals surface area contributed by atoms with Crippen LogP contribution in [0.2, 0.25) is 0 Å². The number of alkyl halides is 2. The molecule has 0 amide bonds. The Balaban J connectivity index is 2.34. The molecule has 2 rings (SSSR count). The molecule has 1 aromatic heterocycles. The van der Waals surface area contributed by atoms with Gasteiger partial charge in [-0.05, 0) is 24.7 Å². The first-order chi connectivity index (χ1) is 8.58. The third-order valence-corrected chi connectivity index (χ3v) is 2.50. The van der Waals surface area contributed by atoms with Crippen molar-refractivity contribution in [1.29, 1.82) is 0 Å². The lowest BCUT2D eigenvalue weighted by Crippen LogP contribution is -1.99. The molecule has 0 aliphatic rings. The topological polar surface area (TPSA) is 46.0 Å². The highest BCUT2D eigenvalue weighted by Gasteiger charge is 2.15. The summed E-state index contributed by atoms with van der Waals surface area (Å²) in [4.78, 5) is 0. The van der Waals surface area contributed by atoms with E-state index in [0.717, 1.165) is 15.8 Å². The molecule has 2 aromatic rings. The second kappa shape index (κ2) is 5.18. The number of halogens is 2. The van der Waals surface area contributed by atoms with E-state index in [-0.39, 0.29) is 4.77 Å². The number of H-pyrrole nitrogens is 1. The molecule has 1 heterocycles. The summed E-state index contributed by atoms with van der Waals surface area (Å²) in [5, 5.41) is 9.63. The van der Waals surface area contributed by atoms with Crippen LogP contribution in [0.25, 0.3) is 0 Å². The van der Waals surface area contributed by atoms with Crippen molar-refractivity contribution in [1.82, 2.24) is 14.9 Å². The third-order valence-electron chi connectivity index (χ3n) is 2.24. The summed E-state index contributed by atoms with van der Waals surface area (Å²) in [6, 6.07) is 7.50. The molecule has 4 nitrogen and oxygen atoms in total. The maximum Gasteiger partial charge on any atom is 0.299 e. The Morgan fingerprint density at radius 3 is 2.94 bits per heavy atom. The molecule has 0 unspecified atom stereocenters. The summed E-state index contributed by atoms with van der Waals surface area (Å²) in [5.41, 5.74) is 1.86. The molecule has 0 aliphatic heterocycles. The summed E-state index contributed by atoms with van der Waals surface area (Å²) in [7, 11) is 0. The Kier molecular flexibility index (Phi) is 3.61. The molecule has 0 atom stereocenters. The first-order valence-corrected chi connectivity index (χ1v) is 5.55. The van der Waals surface area contributed by atoms with Gasteiger partial charge in [0.1, 0.15) is 0 Å². The number of aromatic amines is 1. The highest BCUT2D eigenvalue weighted by atomic mass is 32.1. The van der Waals surface area contributed by atoms with Gasteiger partial charge in [-0.3, -0.25) is 0 Å². The van der Waals surface area contributed by atoms with Crippen molar-refractivity contribution in [2.45, 2.75) is 13.3 Å². The molecule has 0 radical (unpaired) electrons. The zero-order valence-electron chi connectivity index (χ0n) is 9.47. The van der Waals surface area contributed by atoms with Crippen LogP contribution >= 0.6 is 12.2 Å². The molecule has 94 valence electrons. The molecule has 1 N–H and O–H groups in total. The van der Waals surface area contributed by atoms with E-state index in [1.807, 2.05) is 31.2 Å². The maximum absolute atomic E-state index is 12.6. The number of hydrogen-bond donors (Lipinski definition) is 1. The minimum atomic E-state index is -2.73. The molecule has 1 aromatic carbocycles. The Labute approximate surface area is 107 Å². The van der Waals surface area contributed by atoms with E-state index in [1.165, 1.54) is 6.21 Å². The lowest BCUT2D eigenvalue weighted by Gasteiger charge is -1.99. The lowest BCUT2D eigenvalue weighted by atomic mass is 10.2. The second-order valence-electron chi connectivity index (χ2n) is 3.66. The number of benzene rings is 1. The first-order valence-electron chi connectivity index (χ1n) is 5.14. The summed E-state index contributed by atoms with van der Waals surface area (Å²) < 4.78 is 26.2. The molecule has 0 bridgehead atoms. The van der Waals surface area contributed by atoms with E-state index in [2.05, 4.69) is 15.3 Å². The van der Waals surface area contributed by atoms with Gasteiger partial charge in [0.2, 0.25) is 10.6 Å². The van der Waals surface area contributed by atoms with Gasteiger partial charge in [-0.25, -0.2) is 13.9 Å². The fourth-order valence-electron chi connectivity index (χ4n) is 1.43. The predicted molar refractivity (Wildman–Crippen MR) is 66.5 cm³/mol. The van der Waals surface area contributed by atoms with Gasteiger partial charge in [-0.15, -0.1) is 0 Å². The van der Waals surface area contributed by atoms with Crippen LogP contribution in [0.3, 0.4) is 0 Å². The molecule has 0 saturated carbocycles. The zero-order valence-corrected chi connectivity index (χ0v) is 10.3. The van der Waals surface area contributed by atoms with Crippen LogP contribution in [0.1, 0.15) is 23.4 Å². The quantitative estimate of drug-likeness (QED) is 0.687. The molecule has 0 spiro atoms. The van der Waals surface area contributed by atoms with Crippen LogP contribution in [-0.4, -0.2) is 21.1 Å². The molecular formula is C11H10F2N4S.